The van der Waals surface area contributed by atoms with Crippen LogP contribution in [0.1, 0.15) is 10.4 Å². The molecule has 2 aromatic rings. The van der Waals surface area contributed by atoms with Crippen LogP contribution >= 0.6 is 0 Å². The molecule has 0 saturated carbocycles. The Hall–Kier alpha value is -1.84. The van der Waals surface area contributed by atoms with E-state index >= 15 is 0 Å². The molecule has 0 aliphatic heterocycles. The van der Waals surface area contributed by atoms with Gasteiger partial charge in [0.05, 0.1) is 18.7 Å². The summed E-state index contributed by atoms with van der Waals surface area (Å²) in [6, 6.07) is 3.27. The van der Waals surface area contributed by atoms with Gasteiger partial charge in [-0.1, -0.05) is 5.16 Å². The zero-order valence-electron chi connectivity index (χ0n) is 6.98. The van der Waals surface area contributed by atoms with Crippen LogP contribution in [-0.4, -0.2) is 18.6 Å². The molecule has 4 heteroatoms. The highest BCUT2D eigenvalue weighted by Gasteiger charge is 2.07. The van der Waals surface area contributed by atoms with E-state index in [1.807, 2.05) is 0 Å². The molecule has 0 atom stereocenters. The van der Waals surface area contributed by atoms with Crippen molar-refractivity contribution in [2.75, 3.05) is 7.11 Å². The molecule has 0 bridgehead atoms. The highest BCUT2D eigenvalue weighted by Crippen LogP contribution is 2.26. The average Bonchev–Trinajstić information content (AvgIpc) is 2.63. The van der Waals surface area contributed by atoms with Gasteiger partial charge in [0, 0.05) is 5.56 Å². The van der Waals surface area contributed by atoms with Gasteiger partial charge in [-0.25, -0.2) is 0 Å². The van der Waals surface area contributed by atoms with E-state index in [-0.39, 0.29) is 0 Å². The van der Waals surface area contributed by atoms with Gasteiger partial charge in [-0.2, -0.15) is 0 Å². The number of rotatable bonds is 2. The van der Waals surface area contributed by atoms with Gasteiger partial charge >= 0.3 is 0 Å². The Bertz CT molecular complexity index is 447. The molecule has 0 spiro atoms. The van der Waals surface area contributed by atoms with E-state index in [9.17, 15) is 4.79 Å². The molecular weight excluding hydrogens is 170 g/mol. The predicted octanol–water partition coefficient (Wildman–Crippen LogP) is 1.65. The highest BCUT2D eigenvalue weighted by atomic mass is 16.5. The molecule has 66 valence electrons. The maximum atomic E-state index is 10.5. The number of hydrogen-bond acceptors (Lipinski definition) is 4. The lowest BCUT2D eigenvalue weighted by atomic mass is 10.2. The number of benzene rings is 1. The van der Waals surface area contributed by atoms with Gasteiger partial charge in [-0.15, -0.1) is 0 Å². The number of nitrogens with zero attached hydrogens (tertiary/aromatic N) is 1. The van der Waals surface area contributed by atoms with Gasteiger partial charge in [0.15, 0.2) is 5.58 Å². The van der Waals surface area contributed by atoms with Crippen molar-refractivity contribution in [3.63, 3.8) is 0 Å². The topological polar surface area (TPSA) is 52.3 Å². The molecule has 1 aromatic heterocycles. The molecule has 13 heavy (non-hydrogen) atoms. The normalized spacial score (nSPS) is 10.2. The molecule has 0 radical (unpaired) electrons. The number of methoxy groups -OCH3 is 1. The van der Waals surface area contributed by atoms with Crippen LogP contribution in [-0.2, 0) is 0 Å². The molecule has 0 N–H and O–H groups in total. The van der Waals surface area contributed by atoms with Crippen LogP contribution in [0.25, 0.3) is 11.0 Å². The first kappa shape index (κ1) is 7.79. The minimum absolute atomic E-state index is 0.515. The standard InChI is InChI=1S/C9H7NO3/c1-12-8-2-6(5-11)3-9-7(8)4-10-13-9/h2-5H,1H3. The minimum atomic E-state index is 0.515. The van der Waals surface area contributed by atoms with Gasteiger partial charge in [-0.3, -0.25) is 4.79 Å². The van der Waals surface area contributed by atoms with Crippen LogP contribution in [0.4, 0.5) is 0 Å². The molecule has 2 rings (SSSR count). The van der Waals surface area contributed by atoms with Crippen LogP contribution in [0, 0.1) is 0 Å². The first-order valence-electron chi connectivity index (χ1n) is 3.73. The zero-order chi connectivity index (χ0) is 9.26. The molecule has 1 heterocycles. The number of fused-ring (bicyclic) bond motifs is 1. The third kappa shape index (κ3) is 1.16. The zero-order valence-corrected chi connectivity index (χ0v) is 6.98. The van der Waals surface area contributed by atoms with Gasteiger partial charge < -0.3 is 9.26 Å². The number of aldehydes is 1. The molecule has 0 aliphatic carbocycles. The van der Waals surface area contributed by atoms with E-state index in [0.717, 1.165) is 11.7 Å². The Morgan fingerprint density at radius 3 is 3.08 bits per heavy atom. The Morgan fingerprint density at radius 1 is 1.54 bits per heavy atom. The summed E-state index contributed by atoms with van der Waals surface area (Å²) in [5.41, 5.74) is 1.07. The van der Waals surface area contributed by atoms with Crippen molar-refractivity contribution in [1.29, 1.82) is 0 Å². The van der Waals surface area contributed by atoms with Gasteiger partial charge in [-0.05, 0) is 12.1 Å². The number of carbonyl (C=O) groups excluding carboxylic acids is 1. The van der Waals surface area contributed by atoms with E-state index in [1.54, 1.807) is 18.3 Å². The van der Waals surface area contributed by atoms with E-state index in [4.69, 9.17) is 9.26 Å². The van der Waals surface area contributed by atoms with Gasteiger partial charge in [0.1, 0.15) is 12.0 Å². The van der Waals surface area contributed by atoms with Crippen molar-refractivity contribution in [3.8, 4) is 5.75 Å². The fourth-order valence-electron chi connectivity index (χ4n) is 1.20. The number of aromatic nitrogens is 1. The lowest BCUT2D eigenvalue weighted by molar-refractivity contribution is 0.112. The molecule has 0 aliphatic rings. The van der Waals surface area contributed by atoms with E-state index in [2.05, 4.69) is 5.16 Å². The second-order valence-corrected chi connectivity index (χ2v) is 2.58. The summed E-state index contributed by atoms with van der Waals surface area (Å²) in [6.07, 6.45) is 2.30. The fourth-order valence-corrected chi connectivity index (χ4v) is 1.20. The maximum Gasteiger partial charge on any atom is 0.171 e. The monoisotopic (exact) mass is 177 g/mol. The molecular formula is C9H7NO3. The van der Waals surface area contributed by atoms with Gasteiger partial charge in [0.25, 0.3) is 0 Å². The van der Waals surface area contributed by atoms with E-state index < -0.39 is 0 Å². The molecule has 0 unspecified atom stereocenters. The molecule has 0 amide bonds. The lowest BCUT2D eigenvalue weighted by Gasteiger charge is -2.00. The third-order valence-corrected chi connectivity index (χ3v) is 1.82. The van der Waals surface area contributed by atoms with Crippen LogP contribution < -0.4 is 4.74 Å². The smallest absolute Gasteiger partial charge is 0.171 e. The molecule has 0 saturated heterocycles. The van der Waals surface area contributed by atoms with Crippen molar-refractivity contribution < 1.29 is 14.1 Å². The Morgan fingerprint density at radius 2 is 2.38 bits per heavy atom. The first-order valence-corrected chi connectivity index (χ1v) is 3.73. The van der Waals surface area contributed by atoms with Crippen LogP contribution in [0.5, 0.6) is 5.75 Å². The highest BCUT2D eigenvalue weighted by molar-refractivity contribution is 5.89. The number of hydrogen-bond donors (Lipinski definition) is 0. The Labute approximate surface area is 74.1 Å². The summed E-state index contributed by atoms with van der Waals surface area (Å²) in [5.74, 6) is 0.598. The van der Waals surface area contributed by atoms with Crippen molar-refractivity contribution in [2.45, 2.75) is 0 Å². The van der Waals surface area contributed by atoms with Crippen molar-refractivity contribution >= 4 is 17.3 Å². The predicted molar refractivity (Wildman–Crippen MR) is 45.9 cm³/mol. The average molecular weight is 177 g/mol. The van der Waals surface area contributed by atoms with Crippen molar-refractivity contribution in [1.82, 2.24) is 5.16 Å². The van der Waals surface area contributed by atoms with Crippen molar-refractivity contribution in [3.05, 3.63) is 23.9 Å². The summed E-state index contributed by atoms with van der Waals surface area (Å²) in [4.78, 5) is 10.5. The van der Waals surface area contributed by atoms with Crippen LogP contribution in [0.2, 0.25) is 0 Å². The summed E-state index contributed by atoms with van der Waals surface area (Å²) in [6.45, 7) is 0. The van der Waals surface area contributed by atoms with E-state index in [1.165, 1.54) is 7.11 Å². The number of ether oxygens (including phenoxy) is 1. The summed E-state index contributed by atoms with van der Waals surface area (Å²) >= 11 is 0. The Kier molecular flexibility index (Phi) is 1.73. The molecule has 1 aromatic carbocycles. The van der Waals surface area contributed by atoms with Gasteiger partial charge in [0.2, 0.25) is 0 Å². The van der Waals surface area contributed by atoms with Crippen molar-refractivity contribution in [2.24, 2.45) is 0 Å². The number of carbonyl (C=O) groups is 1. The minimum Gasteiger partial charge on any atom is -0.496 e. The first-order chi connectivity index (χ1) is 6.35. The quantitative estimate of drug-likeness (QED) is 0.654. The summed E-state index contributed by atoms with van der Waals surface area (Å²) in [7, 11) is 1.54. The SMILES string of the molecule is COc1cc(C=O)cc2oncc12. The fraction of sp³-hybridized carbons (Fsp3) is 0.111. The molecule has 4 nitrogen and oxygen atoms in total. The largest absolute Gasteiger partial charge is 0.496 e. The van der Waals surface area contributed by atoms with Crippen LogP contribution in [0.3, 0.4) is 0 Å². The molecule has 0 fully saturated rings. The maximum absolute atomic E-state index is 10.5. The second kappa shape index (κ2) is 2.90. The summed E-state index contributed by atoms with van der Waals surface area (Å²) in [5, 5.41) is 4.39. The summed E-state index contributed by atoms with van der Waals surface area (Å²) < 4.78 is 9.98. The lowest BCUT2D eigenvalue weighted by Crippen LogP contribution is -1.86. The third-order valence-electron chi connectivity index (χ3n) is 1.82. The second-order valence-electron chi connectivity index (χ2n) is 2.58. The van der Waals surface area contributed by atoms with Crippen LogP contribution in [0.15, 0.2) is 22.9 Å². The van der Waals surface area contributed by atoms with E-state index in [0.29, 0.717) is 16.9 Å². The Balaban J connectivity index is 2.77.